The fraction of sp³-hybridized carbons (Fsp3) is 0.542. The van der Waals surface area contributed by atoms with Crippen molar-refractivity contribution in [3.63, 3.8) is 0 Å². The Hall–Kier alpha value is -2.91. The van der Waals surface area contributed by atoms with E-state index in [1.165, 1.54) is 16.2 Å². The van der Waals surface area contributed by atoms with E-state index in [2.05, 4.69) is 173 Å². The Morgan fingerprint density at radius 3 is 1.00 bits per heavy atom. The highest BCUT2D eigenvalue weighted by atomic mass is 28.4. The first-order valence-electron chi connectivity index (χ1n) is 20.7. The van der Waals surface area contributed by atoms with Crippen LogP contribution in [0.15, 0.2) is 48.5 Å². The molecule has 1 radical (unpaired) electrons. The van der Waals surface area contributed by atoms with Gasteiger partial charge < -0.3 is 8.85 Å². The van der Waals surface area contributed by atoms with Crippen LogP contribution >= 0.6 is 0 Å². The van der Waals surface area contributed by atoms with E-state index < -0.39 is 28.7 Å². The van der Waals surface area contributed by atoms with Crippen LogP contribution in [0.1, 0.15) is 151 Å². The summed E-state index contributed by atoms with van der Waals surface area (Å²) in [5.41, 5.74) is 13.4. The Labute approximate surface area is 330 Å². The molecular weight excluding hydrogens is 695 g/mol. The Balaban J connectivity index is 2.05. The van der Waals surface area contributed by atoms with Crippen molar-refractivity contribution in [1.29, 1.82) is 0 Å². The van der Waals surface area contributed by atoms with Gasteiger partial charge in [0.25, 0.3) is 16.6 Å². The predicted octanol–water partition coefficient (Wildman–Crippen LogP) is 14.6. The van der Waals surface area contributed by atoms with Crippen molar-refractivity contribution in [2.24, 2.45) is 0 Å². The van der Waals surface area contributed by atoms with Crippen LogP contribution in [0.3, 0.4) is 0 Å². The van der Waals surface area contributed by atoms with E-state index in [-0.39, 0.29) is 0 Å². The Morgan fingerprint density at radius 2 is 0.741 bits per heavy atom. The van der Waals surface area contributed by atoms with E-state index in [0.29, 0.717) is 33.2 Å². The maximum Gasteiger partial charge on any atom is 0.258 e. The zero-order valence-electron chi connectivity index (χ0n) is 36.9. The normalized spacial score (nSPS) is 17.0. The van der Waals surface area contributed by atoms with E-state index in [1.807, 2.05) is 0 Å². The van der Waals surface area contributed by atoms with Crippen molar-refractivity contribution in [1.82, 2.24) is 5.06 Å². The second-order valence-electron chi connectivity index (χ2n) is 18.7. The van der Waals surface area contributed by atoms with Gasteiger partial charge in [-0.3, -0.25) is 0 Å². The molecule has 0 unspecified atom stereocenters. The van der Waals surface area contributed by atoms with Gasteiger partial charge in [-0.2, -0.15) is 0 Å². The zero-order valence-corrected chi connectivity index (χ0v) is 38.9. The summed E-state index contributed by atoms with van der Waals surface area (Å²) in [6.45, 7) is 41.1. The molecule has 0 N–H and O–H groups in total. The molecule has 4 aromatic carbocycles. The molecule has 293 valence electrons. The van der Waals surface area contributed by atoms with Crippen molar-refractivity contribution >= 4 is 27.4 Å². The van der Waals surface area contributed by atoms with E-state index in [0.717, 1.165) is 66.8 Å². The highest BCUT2D eigenvalue weighted by molar-refractivity contribution is 6.78. The fourth-order valence-corrected chi connectivity index (χ4v) is 22.0. The van der Waals surface area contributed by atoms with Gasteiger partial charge in [0.15, 0.2) is 0 Å². The average Bonchev–Trinajstić information content (AvgIpc) is 3.04. The molecule has 0 bridgehead atoms. The molecule has 0 aliphatic carbocycles. The van der Waals surface area contributed by atoms with Crippen LogP contribution in [-0.4, -0.2) is 21.7 Å². The third-order valence-electron chi connectivity index (χ3n) is 13.3. The molecule has 6 heteroatoms. The maximum absolute atomic E-state index is 16.2. The second-order valence-corrected chi connectivity index (χ2v) is 29.4. The van der Waals surface area contributed by atoms with E-state index in [1.54, 1.807) is 0 Å². The van der Waals surface area contributed by atoms with Crippen LogP contribution in [0, 0.1) is 41.5 Å². The Morgan fingerprint density at radius 1 is 0.463 bits per heavy atom. The first-order valence-corrected chi connectivity index (χ1v) is 25.0. The molecule has 1 aliphatic rings. The van der Waals surface area contributed by atoms with E-state index in [9.17, 15) is 0 Å². The third-order valence-corrected chi connectivity index (χ3v) is 25.2. The van der Waals surface area contributed by atoms with Crippen LogP contribution in [0.4, 0.5) is 0 Å². The number of nitrogens with zero attached hydrogens (tertiary/aromatic N) is 1. The molecule has 54 heavy (non-hydrogen) atoms. The van der Waals surface area contributed by atoms with Crippen LogP contribution in [0.5, 0.6) is 11.5 Å². The van der Waals surface area contributed by atoms with Gasteiger partial charge in [-0.25, -0.2) is 0 Å². The number of hydrogen-bond acceptors (Lipinski definition) is 3. The summed E-state index contributed by atoms with van der Waals surface area (Å²) in [5, 5.41) is 19.9. The van der Waals surface area contributed by atoms with Crippen LogP contribution < -0.4 is 8.85 Å². The minimum absolute atomic E-state index is 0.378. The molecule has 1 heterocycles. The summed E-state index contributed by atoms with van der Waals surface area (Å²) in [6, 6.07) is 16.7. The molecule has 4 aromatic rings. The monoisotopic (exact) mass is 764 g/mol. The van der Waals surface area contributed by atoms with Gasteiger partial charge in [0.2, 0.25) is 0 Å². The predicted molar refractivity (Wildman–Crippen MR) is 235 cm³/mol. The Kier molecular flexibility index (Phi) is 12.2. The lowest BCUT2D eigenvalue weighted by molar-refractivity contribution is -0.204. The largest absolute Gasteiger partial charge is 0.542 e. The number of rotatable bonds is 12. The lowest BCUT2D eigenvalue weighted by atomic mass is 9.77. The molecule has 0 saturated heterocycles. The SMILES string of the molecule is Cc1cc(C)c([C@H]2c3c(O[Si](C(C)C)(C(C)C)C(C)C)ccc4ccc(O[Si](C(C)C)(C(C)C)C(C)C)c(c34)[C@H](c3c(C)cc(C)cc3C)N2[O])c(C)c1. The van der Waals surface area contributed by atoms with Gasteiger partial charge in [-0.15, -0.1) is 10.3 Å². The summed E-state index contributed by atoms with van der Waals surface area (Å²) in [5.74, 6) is 1.73. The van der Waals surface area contributed by atoms with Crippen molar-refractivity contribution < 1.29 is 14.1 Å². The fourth-order valence-electron chi connectivity index (χ4n) is 11.4. The van der Waals surface area contributed by atoms with Crippen LogP contribution in [0.25, 0.3) is 10.8 Å². The van der Waals surface area contributed by atoms with Gasteiger partial charge in [0, 0.05) is 11.1 Å². The summed E-state index contributed by atoms with van der Waals surface area (Å²) in [6.07, 6.45) is 0. The third kappa shape index (κ3) is 6.81. The van der Waals surface area contributed by atoms with Crippen LogP contribution in [-0.2, 0) is 5.21 Å². The maximum atomic E-state index is 16.2. The summed E-state index contributed by atoms with van der Waals surface area (Å²) in [4.78, 5) is 0. The summed E-state index contributed by atoms with van der Waals surface area (Å²) >= 11 is 0. The van der Waals surface area contributed by atoms with E-state index in [4.69, 9.17) is 8.85 Å². The minimum Gasteiger partial charge on any atom is -0.542 e. The standard InChI is InChI=1S/C48H70NO3Si2/c1-27(2)53(28(3)4,29(5)6)51-40-21-19-39-20-22-41(52-54(30(7)8,31(9)10)32(11)12)46-44(39)45(40)47(42-35(15)23-33(13)24-36(42)16)49(50)48(46)43-37(17)25-34(14)26-38(43)18/h19-32,47-48H,1-18H3/t47-,48-/m0/s1. The molecule has 0 amide bonds. The van der Waals surface area contributed by atoms with Crippen molar-refractivity contribution in [3.05, 3.63) is 104 Å². The van der Waals surface area contributed by atoms with Gasteiger partial charge in [-0.05, 0) is 131 Å². The first-order chi connectivity index (χ1) is 25.1. The molecule has 0 saturated carbocycles. The minimum atomic E-state index is -2.43. The lowest BCUT2D eigenvalue weighted by Gasteiger charge is -2.47. The molecule has 4 nitrogen and oxygen atoms in total. The molecule has 5 rings (SSSR count). The van der Waals surface area contributed by atoms with Crippen molar-refractivity contribution in [2.75, 3.05) is 0 Å². The number of aryl methyl sites for hydroxylation is 6. The topological polar surface area (TPSA) is 41.6 Å². The quantitative estimate of drug-likeness (QED) is 0.135. The highest BCUT2D eigenvalue weighted by Crippen LogP contribution is 2.57. The number of hydrogen-bond donors (Lipinski definition) is 0. The second kappa shape index (κ2) is 15.6. The summed E-state index contributed by atoms with van der Waals surface area (Å²) in [7, 11) is -4.86. The van der Waals surface area contributed by atoms with Gasteiger partial charge in [0.1, 0.15) is 11.5 Å². The average molecular weight is 765 g/mol. The molecular formula is C48H70NO3Si2. The highest BCUT2D eigenvalue weighted by Gasteiger charge is 2.51. The lowest BCUT2D eigenvalue weighted by Crippen LogP contribution is -2.51. The number of benzene rings is 4. The molecule has 1 aliphatic heterocycles. The molecule has 0 spiro atoms. The molecule has 2 atom stereocenters. The first kappa shape index (κ1) is 42.2. The molecule has 0 aromatic heterocycles. The number of hydroxylamine groups is 2. The Bertz CT molecular complexity index is 1780. The van der Waals surface area contributed by atoms with Gasteiger partial charge >= 0.3 is 0 Å². The van der Waals surface area contributed by atoms with E-state index >= 15 is 5.21 Å². The van der Waals surface area contributed by atoms with Crippen molar-refractivity contribution in [3.8, 4) is 11.5 Å². The smallest absolute Gasteiger partial charge is 0.258 e. The summed E-state index contributed by atoms with van der Waals surface area (Å²) < 4.78 is 15.4. The van der Waals surface area contributed by atoms with Crippen LogP contribution in [0.2, 0.25) is 33.2 Å². The van der Waals surface area contributed by atoms with Gasteiger partial charge in [0.05, 0.1) is 12.1 Å². The molecule has 0 fully saturated rings. The van der Waals surface area contributed by atoms with Crippen molar-refractivity contribution in [2.45, 2.75) is 170 Å². The van der Waals surface area contributed by atoms with Gasteiger partial charge in [-0.1, -0.05) is 131 Å². The zero-order chi connectivity index (χ0) is 40.4.